The summed E-state index contributed by atoms with van der Waals surface area (Å²) in [5.74, 6) is -3.19. The summed E-state index contributed by atoms with van der Waals surface area (Å²) < 4.78 is 0. The third kappa shape index (κ3) is 4.26. The van der Waals surface area contributed by atoms with Gasteiger partial charge in [0.2, 0.25) is 5.91 Å². The number of rotatable bonds is 4. The van der Waals surface area contributed by atoms with Crippen LogP contribution in [0.15, 0.2) is 0 Å². The fourth-order valence-corrected chi connectivity index (χ4v) is 0.620. The molecule has 0 saturated heterocycles. The van der Waals surface area contributed by atoms with Crippen molar-refractivity contribution < 1.29 is 26.0 Å². The first-order valence-corrected chi connectivity index (χ1v) is 3.15. The van der Waals surface area contributed by atoms with E-state index in [-0.39, 0.29) is 1.43 Å². The number of carboxylic acids is 2. The Morgan fingerprint density at radius 1 is 1.42 bits per heavy atom. The molecule has 0 fully saturated rings. The highest BCUT2D eigenvalue weighted by Crippen LogP contribution is 1.91. The molecule has 1 amide bonds. The maximum atomic E-state index is 10.4. The highest BCUT2D eigenvalue weighted by molar-refractivity contribution is 5.85. The molecule has 6 heteroatoms. The number of aliphatic carboxylic acids is 2. The number of nitrogens with one attached hydrogen (secondary N) is 1. The maximum absolute atomic E-state index is 10.4. The Bertz CT molecular complexity index is 201. The van der Waals surface area contributed by atoms with Crippen LogP contribution in [0.4, 0.5) is 0 Å². The van der Waals surface area contributed by atoms with Crippen LogP contribution in [-0.2, 0) is 14.4 Å². The van der Waals surface area contributed by atoms with Crippen molar-refractivity contribution in [2.24, 2.45) is 0 Å². The van der Waals surface area contributed by atoms with Crippen LogP contribution in [0.5, 0.6) is 0 Å². The molecule has 1 atom stereocenters. The molecule has 0 aromatic carbocycles. The van der Waals surface area contributed by atoms with Gasteiger partial charge in [0.15, 0.2) is 0 Å². The summed E-state index contributed by atoms with van der Waals surface area (Å²) in [4.78, 5) is 30.7. The minimum Gasteiger partial charge on any atom is -0.481 e. The van der Waals surface area contributed by atoms with E-state index in [4.69, 9.17) is 10.2 Å². The van der Waals surface area contributed by atoms with Crippen molar-refractivity contribution in [2.45, 2.75) is 19.4 Å². The maximum Gasteiger partial charge on any atom is 0.326 e. The standard InChI is InChI=1S/C6H9NO5.H/c1-3(8)7-4(6(11)12)2-5(9)10;/h4H,2H2,1H3,(H,7,8)(H,9,10)(H,11,12);/i;1+1. The monoisotopic (exact) mass is 177 g/mol. The molecule has 12 heavy (non-hydrogen) atoms. The second-order valence-corrected chi connectivity index (χ2v) is 2.19. The van der Waals surface area contributed by atoms with Gasteiger partial charge < -0.3 is 15.5 Å². The van der Waals surface area contributed by atoms with Gasteiger partial charge in [0, 0.05) is 8.35 Å². The summed E-state index contributed by atoms with van der Waals surface area (Å²) in [6.45, 7) is 1.12. The molecule has 0 heterocycles. The number of hydrogen-bond acceptors (Lipinski definition) is 3. The molecular weight excluding hydrogens is 166 g/mol. The molecule has 1 unspecified atom stereocenters. The van der Waals surface area contributed by atoms with Crippen molar-refractivity contribution in [3.63, 3.8) is 0 Å². The number of carbonyl (C=O) groups is 3. The summed E-state index contributed by atoms with van der Waals surface area (Å²) in [6.07, 6.45) is -0.616. The average Bonchev–Trinajstić information content (AvgIpc) is 1.83. The Hall–Kier alpha value is -1.59. The lowest BCUT2D eigenvalue weighted by Crippen LogP contribution is -2.41. The van der Waals surface area contributed by atoms with Crippen molar-refractivity contribution in [1.29, 1.82) is 0 Å². The molecule has 3 N–H and O–H groups in total. The molecule has 0 aliphatic heterocycles. The Morgan fingerprint density at radius 3 is 2.17 bits per heavy atom. The SMILES string of the molecule is CC(=O)NC(CC(=O)O)C(=O)O.[2H]. The van der Waals surface area contributed by atoms with Gasteiger partial charge >= 0.3 is 11.9 Å². The van der Waals surface area contributed by atoms with E-state index in [1.165, 1.54) is 0 Å². The van der Waals surface area contributed by atoms with E-state index in [1.54, 1.807) is 0 Å². The average molecular weight is 177 g/mol. The molecule has 0 spiro atoms. The first-order valence-electron chi connectivity index (χ1n) is 3.15. The summed E-state index contributed by atoms with van der Waals surface area (Å²) in [5.41, 5.74) is 0. The van der Waals surface area contributed by atoms with Gasteiger partial charge in [-0.2, -0.15) is 0 Å². The second-order valence-electron chi connectivity index (χ2n) is 2.19. The smallest absolute Gasteiger partial charge is 0.326 e. The predicted octanol–water partition coefficient (Wildman–Crippen LogP) is -0.837. The molecular formula is C6H10NO5. The van der Waals surface area contributed by atoms with Crippen LogP contribution in [0.25, 0.3) is 0 Å². The van der Waals surface area contributed by atoms with Crippen LogP contribution in [0.2, 0.25) is 0 Å². The number of carbonyl (C=O) groups excluding carboxylic acids is 1. The fraction of sp³-hybridized carbons (Fsp3) is 0.500. The van der Waals surface area contributed by atoms with Gasteiger partial charge in [-0.1, -0.05) is 0 Å². The Kier molecular flexibility index (Phi) is 3.75. The summed E-state index contributed by atoms with van der Waals surface area (Å²) in [5, 5.41) is 18.6. The van der Waals surface area contributed by atoms with Crippen LogP contribution < -0.4 is 5.32 Å². The fourth-order valence-electron chi connectivity index (χ4n) is 0.620. The zero-order chi connectivity index (χ0) is 9.72. The van der Waals surface area contributed by atoms with Crippen LogP contribution in [-0.4, -0.2) is 34.1 Å². The van der Waals surface area contributed by atoms with Crippen LogP contribution in [0.1, 0.15) is 14.8 Å². The van der Waals surface area contributed by atoms with Gasteiger partial charge in [-0.25, -0.2) is 4.79 Å². The molecule has 69 valence electrons. The summed E-state index contributed by atoms with van der Waals surface area (Å²) in [6, 6.07) is -1.35. The Labute approximate surface area is 69.7 Å². The first kappa shape index (κ1) is 10.4. The molecule has 1 radical (unpaired) electrons. The zero-order valence-corrected chi connectivity index (χ0v) is 6.40. The lowest BCUT2D eigenvalue weighted by molar-refractivity contribution is -0.147. The van der Waals surface area contributed by atoms with Gasteiger partial charge in [0.25, 0.3) is 0 Å². The summed E-state index contributed by atoms with van der Waals surface area (Å²) >= 11 is 0. The minimum absolute atomic E-state index is 0. The molecule has 0 aromatic rings. The lowest BCUT2D eigenvalue weighted by atomic mass is 10.2. The topological polar surface area (TPSA) is 104 Å². The van der Waals surface area contributed by atoms with E-state index >= 15 is 0 Å². The van der Waals surface area contributed by atoms with Crippen molar-refractivity contribution in [3.05, 3.63) is 0 Å². The number of amides is 1. The second kappa shape index (κ2) is 4.32. The quantitative estimate of drug-likeness (QED) is 0.519. The van der Waals surface area contributed by atoms with Gasteiger partial charge in [0.05, 0.1) is 6.42 Å². The molecule has 0 rings (SSSR count). The van der Waals surface area contributed by atoms with Gasteiger partial charge in [-0.05, 0) is 0 Å². The van der Waals surface area contributed by atoms with Gasteiger partial charge in [0.1, 0.15) is 6.04 Å². The highest BCUT2D eigenvalue weighted by Gasteiger charge is 2.21. The predicted molar refractivity (Wildman–Crippen MR) is 38.6 cm³/mol. The molecule has 0 aromatic heterocycles. The largest absolute Gasteiger partial charge is 0.481 e. The molecule has 0 saturated carbocycles. The minimum atomic E-state index is -1.35. The van der Waals surface area contributed by atoms with Crippen molar-refractivity contribution in [2.75, 3.05) is 0 Å². The van der Waals surface area contributed by atoms with Crippen LogP contribution in [0.3, 0.4) is 0 Å². The third-order valence-corrected chi connectivity index (χ3v) is 1.05. The van der Waals surface area contributed by atoms with Crippen LogP contribution in [0, 0.1) is 0 Å². The van der Waals surface area contributed by atoms with Gasteiger partial charge in [-0.15, -0.1) is 0 Å². The van der Waals surface area contributed by atoms with Crippen molar-refractivity contribution in [3.8, 4) is 0 Å². The molecule has 0 aliphatic rings. The molecule has 6 nitrogen and oxygen atoms in total. The van der Waals surface area contributed by atoms with E-state index < -0.39 is 30.3 Å². The normalized spacial score (nSPS) is 11.8. The number of carboxylic acid groups (broad SMARTS) is 2. The Balaban J connectivity index is 0. The summed E-state index contributed by atoms with van der Waals surface area (Å²) in [7, 11) is 0. The van der Waals surface area contributed by atoms with E-state index in [9.17, 15) is 14.4 Å². The van der Waals surface area contributed by atoms with E-state index in [2.05, 4.69) is 0 Å². The van der Waals surface area contributed by atoms with Crippen molar-refractivity contribution in [1.82, 2.24) is 5.32 Å². The zero-order valence-electron chi connectivity index (χ0n) is 7.40. The van der Waals surface area contributed by atoms with E-state index in [0.29, 0.717) is 0 Å². The highest BCUT2D eigenvalue weighted by atomic mass is 16.4. The third-order valence-electron chi connectivity index (χ3n) is 1.05. The van der Waals surface area contributed by atoms with E-state index in [0.717, 1.165) is 6.92 Å². The van der Waals surface area contributed by atoms with Gasteiger partial charge in [-0.3, -0.25) is 9.59 Å². The van der Waals surface area contributed by atoms with Crippen molar-refractivity contribution >= 4 is 17.8 Å². The Morgan fingerprint density at radius 2 is 1.92 bits per heavy atom. The van der Waals surface area contributed by atoms with E-state index in [1.807, 2.05) is 5.32 Å². The molecule has 0 bridgehead atoms. The molecule has 0 aliphatic carbocycles. The first-order chi connectivity index (χ1) is 5.43. The van der Waals surface area contributed by atoms with Crippen LogP contribution >= 0.6 is 0 Å². The number of hydrogen-bond donors (Lipinski definition) is 3. The lowest BCUT2D eigenvalue weighted by Gasteiger charge is -2.09.